The van der Waals surface area contributed by atoms with Crippen LogP contribution in [0.5, 0.6) is 5.75 Å². The standard InChI is InChI=1S/C20H18ClN3O4/c1-2-28-17-9-8-14(21)10-13(17)11-16-19(26)24(20(27)23-16)12-18(25)22-15-6-4-3-5-7-15/h3-11H,2,12H2,1H3,(H,22,25)(H,23,27)/b16-11-. The fourth-order valence-electron chi connectivity index (χ4n) is 2.66. The van der Waals surface area contributed by atoms with Crippen LogP contribution in [0.25, 0.3) is 6.08 Å². The number of amides is 4. The summed E-state index contributed by atoms with van der Waals surface area (Å²) in [4.78, 5) is 37.8. The smallest absolute Gasteiger partial charge is 0.329 e. The molecule has 2 aromatic rings. The Hall–Kier alpha value is -3.32. The van der Waals surface area contributed by atoms with Gasteiger partial charge in [-0.1, -0.05) is 29.8 Å². The average molecular weight is 400 g/mol. The lowest BCUT2D eigenvalue weighted by Crippen LogP contribution is -2.38. The Labute approximate surface area is 166 Å². The number of para-hydroxylation sites is 1. The van der Waals surface area contributed by atoms with E-state index in [-0.39, 0.29) is 5.70 Å². The fraction of sp³-hybridized carbons (Fsp3) is 0.150. The minimum Gasteiger partial charge on any atom is -0.493 e. The van der Waals surface area contributed by atoms with Gasteiger partial charge in [-0.2, -0.15) is 0 Å². The number of hydrogen-bond acceptors (Lipinski definition) is 4. The van der Waals surface area contributed by atoms with Gasteiger partial charge in [-0.05, 0) is 43.3 Å². The molecule has 0 radical (unpaired) electrons. The number of urea groups is 1. The van der Waals surface area contributed by atoms with E-state index in [1.165, 1.54) is 6.08 Å². The SMILES string of the molecule is CCOc1ccc(Cl)cc1/C=C1\NC(=O)N(CC(=O)Nc2ccccc2)C1=O. The molecule has 0 spiro atoms. The zero-order valence-corrected chi connectivity index (χ0v) is 15.8. The summed E-state index contributed by atoms with van der Waals surface area (Å²) in [5.74, 6) is -0.550. The maximum Gasteiger partial charge on any atom is 0.329 e. The van der Waals surface area contributed by atoms with E-state index in [1.54, 1.807) is 42.5 Å². The Kier molecular flexibility index (Phi) is 5.96. The van der Waals surface area contributed by atoms with Crippen LogP contribution in [0.4, 0.5) is 10.5 Å². The second-order valence-electron chi connectivity index (χ2n) is 5.91. The predicted octanol–water partition coefficient (Wildman–Crippen LogP) is 3.27. The van der Waals surface area contributed by atoms with Crippen LogP contribution in [0.1, 0.15) is 12.5 Å². The largest absolute Gasteiger partial charge is 0.493 e. The van der Waals surface area contributed by atoms with Crippen molar-refractivity contribution in [2.75, 3.05) is 18.5 Å². The molecule has 144 valence electrons. The minimum absolute atomic E-state index is 0.0423. The number of rotatable bonds is 6. The van der Waals surface area contributed by atoms with Gasteiger partial charge < -0.3 is 15.4 Å². The van der Waals surface area contributed by atoms with Crippen molar-refractivity contribution < 1.29 is 19.1 Å². The van der Waals surface area contributed by atoms with Crippen molar-refractivity contribution >= 4 is 41.2 Å². The molecule has 1 aliphatic rings. The van der Waals surface area contributed by atoms with Gasteiger partial charge in [-0.3, -0.25) is 9.59 Å². The van der Waals surface area contributed by atoms with Gasteiger partial charge in [0.15, 0.2) is 0 Å². The second-order valence-corrected chi connectivity index (χ2v) is 6.35. The molecule has 8 heteroatoms. The van der Waals surface area contributed by atoms with Crippen LogP contribution in [0.3, 0.4) is 0 Å². The fourth-order valence-corrected chi connectivity index (χ4v) is 2.84. The highest BCUT2D eigenvalue weighted by Crippen LogP contribution is 2.26. The number of ether oxygens (including phenoxy) is 1. The third-order valence-electron chi connectivity index (χ3n) is 3.89. The van der Waals surface area contributed by atoms with Crippen molar-refractivity contribution in [2.24, 2.45) is 0 Å². The van der Waals surface area contributed by atoms with Crippen LogP contribution in [0, 0.1) is 0 Å². The Balaban J connectivity index is 1.75. The van der Waals surface area contributed by atoms with Crippen LogP contribution in [-0.4, -0.2) is 35.9 Å². The van der Waals surface area contributed by atoms with Crippen LogP contribution in [0.15, 0.2) is 54.2 Å². The summed E-state index contributed by atoms with van der Waals surface area (Å²) < 4.78 is 5.52. The van der Waals surface area contributed by atoms with Crippen molar-refractivity contribution in [1.82, 2.24) is 10.2 Å². The molecule has 0 atom stereocenters. The number of nitrogens with zero attached hydrogens (tertiary/aromatic N) is 1. The third-order valence-corrected chi connectivity index (χ3v) is 4.13. The van der Waals surface area contributed by atoms with E-state index < -0.39 is 24.4 Å². The maximum absolute atomic E-state index is 12.6. The number of carbonyl (C=O) groups excluding carboxylic acids is 3. The summed E-state index contributed by atoms with van der Waals surface area (Å²) >= 11 is 6.02. The molecule has 1 saturated heterocycles. The highest BCUT2D eigenvalue weighted by molar-refractivity contribution is 6.30. The van der Waals surface area contributed by atoms with E-state index >= 15 is 0 Å². The summed E-state index contributed by atoms with van der Waals surface area (Å²) in [5.41, 5.74) is 1.17. The number of benzene rings is 2. The van der Waals surface area contributed by atoms with E-state index in [9.17, 15) is 14.4 Å². The molecule has 0 aliphatic carbocycles. The molecule has 2 aromatic carbocycles. The second kappa shape index (κ2) is 8.58. The van der Waals surface area contributed by atoms with Gasteiger partial charge in [0.25, 0.3) is 5.91 Å². The number of halogens is 1. The van der Waals surface area contributed by atoms with Gasteiger partial charge in [0.05, 0.1) is 6.61 Å². The Morgan fingerprint density at radius 3 is 2.68 bits per heavy atom. The lowest BCUT2D eigenvalue weighted by atomic mass is 10.1. The Morgan fingerprint density at radius 1 is 1.21 bits per heavy atom. The van der Waals surface area contributed by atoms with Gasteiger partial charge in [0.1, 0.15) is 18.0 Å². The van der Waals surface area contributed by atoms with Gasteiger partial charge in [0, 0.05) is 16.3 Å². The van der Waals surface area contributed by atoms with Crippen molar-refractivity contribution in [3.05, 3.63) is 64.8 Å². The number of anilines is 1. The molecule has 0 saturated carbocycles. The van der Waals surface area contributed by atoms with Gasteiger partial charge in [-0.25, -0.2) is 9.69 Å². The topological polar surface area (TPSA) is 87.7 Å². The molecule has 1 aliphatic heterocycles. The monoisotopic (exact) mass is 399 g/mol. The summed E-state index contributed by atoms with van der Waals surface area (Å²) in [6.45, 7) is 1.87. The Morgan fingerprint density at radius 2 is 1.96 bits per heavy atom. The molecule has 0 aromatic heterocycles. The van der Waals surface area contributed by atoms with Gasteiger partial charge in [0.2, 0.25) is 5.91 Å². The van der Waals surface area contributed by atoms with Gasteiger partial charge in [-0.15, -0.1) is 0 Å². The van der Waals surface area contributed by atoms with Crippen molar-refractivity contribution in [3.63, 3.8) is 0 Å². The number of carbonyl (C=O) groups is 3. The van der Waals surface area contributed by atoms with Crippen molar-refractivity contribution in [3.8, 4) is 5.75 Å². The molecular formula is C20H18ClN3O4. The lowest BCUT2D eigenvalue weighted by molar-refractivity contribution is -0.127. The molecule has 4 amide bonds. The van der Waals surface area contributed by atoms with E-state index in [2.05, 4.69) is 10.6 Å². The van der Waals surface area contributed by atoms with E-state index in [1.807, 2.05) is 13.0 Å². The summed E-state index contributed by atoms with van der Waals surface area (Å²) in [6, 6.07) is 13.1. The molecule has 3 rings (SSSR count). The lowest BCUT2D eigenvalue weighted by Gasteiger charge is -2.12. The van der Waals surface area contributed by atoms with E-state index in [0.29, 0.717) is 28.6 Å². The summed E-state index contributed by atoms with van der Waals surface area (Å²) in [7, 11) is 0. The molecule has 1 fully saturated rings. The summed E-state index contributed by atoms with van der Waals surface area (Å²) in [5, 5.41) is 5.58. The van der Waals surface area contributed by atoms with Crippen LogP contribution < -0.4 is 15.4 Å². The molecule has 7 nitrogen and oxygen atoms in total. The van der Waals surface area contributed by atoms with Crippen LogP contribution in [0.2, 0.25) is 5.02 Å². The third kappa shape index (κ3) is 4.50. The zero-order valence-electron chi connectivity index (χ0n) is 15.1. The highest BCUT2D eigenvalue weighted by atomic mass is 35.5. The first-order valence-electron chi connectivity index (χ1n) is 8.59. The quantitative estimate of drug-likeness (QED) is 0.576. The van der Waals surface area contributed by atoms with Crippen LogP contribution >= 0.6 is 11.6 Å². The molecule has 1 heterocycles. The first-order valence-corrected chi connectivity index (χ1v) is 8.97. The Bertz CT molecular complexity index is 944. The van der Waals surface area contributed by atoms with Crippen molar-refractivity contribution in [1.29, 1.82) is 0 Å². The minimum atomic E-state index is -0.667. The van der Waals surface area contributed by atoms with E-state index in [4.69, 9.17) is 16.3 Å². The number of imide groups is 1. The first kappa shape index (κ1) is 19.4. The molecular weight excluding hydrogens is 382 g/mol. The average Bonchev–Trinajstić information content (AvgIpc) is 2.92. The zero-order chi connectivity index (χ0) is 20.1. The molecule has 0 bridgehead atoms. The van der Waals surface area contributed by atoms with Crippen LogP contribution in [-0.2, 0) is 9.59 Å². The number of nitrogens with one attached hydrogen (secondary N) is 2. The maximum atomic E-state index is 12.6. The normalized spacial score (nSPS) is 14.9. The van der Waals surface area contributed by atoms with Gasteiger partial charge >= 0.3 is 6.03 Å². The molecule has 2 N–H and O–H groups in total. The first-order chi connectivity index (χ1) is 13.5. The molecule has 28 heavy (non-hydrogen) atoms. The van der Waals surface area contributed by atoms with E-state index in [0.717, 1.165) is 4.90 Å². The van der Waals surface area contributed by atoms with Crippen molar-refractivity contribution in [2.45, 2.75) is 6.92 Å². The highest BCUT2D eigenvalue weighted by Gasteiger charge is 2.35. The summed E-state index contributed by atoms with van der Waals surface area (Å²) in [6.07, 6.45) is 1.48. The molecule has 0 unspecified atom stereocenters. The number of hydrogen-bond donors (Lipinski definition) is 2. The predicted molar refractivity (Wildman–Crippen MR) is 106 cm³/mol.